The number of benzene rings is 2. The van der Waals surface area contributed by atoms with Gasteiger partial charge in [-0.25, -0.2) is 0 Å². The van der Waals surface area contributed by atoms with Gasteiger partial charge < -0.3 is 10.2 Å². The molecule has 1 unspecified atom stereocenters. The van der Waals surface area contributed by atoms with Crippen LogP contribution in [0.1, 0.15) is 33.3 Å². The van der Waals surface area contributed by atoms with Crippen LogP contribution >= 0.6 is 0 Å². The molecule has 1 radical (unpaired) electrons. The Morgan fingerprint density at radius 2 is 1.43 bits per heavy atom. The molecule has 2 aromatic rings. The van der Waals surface area contributed by atoms with Crippen molar-refractivity contribution in [3.05, 3.63) is 60.2 Å². The van der Waals surface area contributed by atoms with E-state index in [1.54, 1.807) is 0 Å². The zero-order valence-corrected chi connectivity index (χ0v) is 14.3. The van der Waals surface area contributed by atoms with Crippen LogP contribution in [0.5, 0.6) is 0 Å². The van der Waals surface area contributed by atoms with Crippen LogP contribution in [0.4, 0.5) is 0 Å². The molecule has 2 aromatic carbocycles. The maximum Gasteiger partial charge on any atom is 0.284 e. The van der Waals surface area contributed by atoms with Crippen LogP contribution in [0.15, 0.2) is 54.6 Å². The maximum atomic E-state index is 6.03. The molecule has 21 heavy (non-hydrogen) atoms. The average Bonchev–Trinajstić information content (AvgIpc) is 2.45. The summed E-state index contributed by atoms with van der Waals surface area (Å²) in [6, 6.07) is 19.1. The highest BCUT2D eigenvalue weighted by Crippen LogP contribution is 2.20. The molecule has 0 amide bonds. The Hall–Kier alpha value is -1.42. The lowest BCUT2D eigenvalue weighted by Crippen LogP contribution is -2.48. The van der Waals surface area contributed by atoms with Crippen molar-refractivity contribution in [2.24, 2.45) is 5.73 Å². The van der Waals surface area contributed by atoms with Crippen LogP contribution in [-0.4, -0.2) is 15.3 Å². The van der Waals surface area contributed by atoms with Crippen molar-refractivity contribution in [2.75, 3.05) is 0 Å². The fourth-order valence-electron chi connectivity index (χ4n) is 2.20. The van der Waals surface area contributed by atoms with Crippen molar-refractivity contribution < 1.29 is 4.43 Å². The van der Waals surface area contributed by atoms with Crippen molar-refractivity contribution in [3.63, 3.8) is 0 Å². The Morgan fingerprint density at radius 3 is 1.90 bits per heavy atom. The quantitative estimate of drug-likeness (QED) is 0.695. The van der Waals surface area contributed by atoms with E-state index >= 15 is 0 Å². The fraction of sp³-hybridized carbons (Fsp3) is 0.333. The molecular weight excluding hydrogens is 274 g/mol. The number of hydrogen-bond acceptors (Lipinski definition) is 2. The zero-order chi connectivity index (χ0) is 15.5. The first-order valence-electron chi connectivity index (χ1n) is 7.33. The van der Waals surface area contributed by atoms with Crippen LogP contribution in [0.2, 0.25) is 0 Å². The minimum absolute atomic E-state index is 0.167. The van der Waals surface area contributed by atoms with Crippen LogP contribution in [0.3, 0.4) is 0 Å². The second-order valence-electron chi connectivity index (χ2n) is 6.35. The van der Waals surface area contributed by atoms with Crippen molar-refractivity contribution in [1.29, 1.82) is 0 Å². The Morgan fingerprint density at radius 1 is 0.905 bits per heavy atom. The minimum atomic E-state index is -1.29. The van der Waals surface area contributed by atoms with E-state index < -0.39 is 9.04 Å². The molecule has 0 saturated heterocycles. The predicted octanol–water partition coefficient (Wildman–Crippen LogP) is 2.41. The van der Waals surface area contributed by atoms with E-state index in [-0.39, 0.29) is 11.6 Å². The smallest absolute Gasteiger partial charge is 0.284 e. The maximum absolute atomic E-state index is 6.03. The SMILES string of the molecule is CC(N)O[Si](c1ccccc1)c1ccc(C(C)(C)C)cc1. The molecule has 0 saturated carbocycles. The van der Waals surface area contributed by atoms with Gasteiger partial charge in [0.2, 0.25) is 0 Å². The molecule has 0 aromatic heterocycles. The lowest BCUT2D eigenvalue weighted by Gasteiger charge is -2.22. The molecule has 0 fully saturated rings. The first kappa shape index (κ1) is 16.0. The molecule has 111 valence electrons. The second kappa shape index (κ2) is 6.56. The Bertz CT molecular complexity index is 558. The van der Waals surface area contributed by atoms with E-state index in [2.05, 4.69) is 57.2 Å². The van der Waals surface area contributed by atoms with Crippen molar-refractivity contribution >= 4 is 19.4 Å². The summed E-state index contributed by atoms with van der Waals surface area (Å²) < 4.78 is 6.03. The van der Waals surface area contributed by atoms with Gasteiger partial charge >= 0.3 is 0 Å². The van der Waals surface area contributed by atoms with Gasteiger partial charge in [-0.2, -0.15) is 0 Å². The molecule has 3 heteroatoms. The van der Waals surface area contributed by atoms with Gasteiger partial charge in [-0.1, -0.05) is 75.4 Å². The number of nitrogens with two attached hydrogens (primary N) is 1. The molecular formula is C18H24NOSi. The molecule has 2 N–H and O–H groups in total. The number of hydrogen-bond donors (Lipinski definition) is 1. The highest BCUT2D eigenvalue weighted by molar-refractivity contribution is 6.80. The van der Waals surface area contributed by atoms with E-state index in [0.717, 1.165) is 0 Å². The largest absolute Gasteiger partial charge is 0.392 e. The fourth-order valence-corrected chi connectivity index (χ4v) is 4.14. The van der Waals surface area contributed by atoms with Crippen LogP contribution in [0.25, 0.3) is 0 Å². The second-order valence-corrected chi connectivity index (χ2v) is 8.39. The van der Waals surface area contributed by atoms with Gasteiger partial charge in [0.05, 0.1) is 6.23 Å². The number of rotatable bonds is 4. The molecule has 1 atom stereocenters. The third kappa shape index (κ3) is 4.27. The van der Waals surface area contributed by atoms with Gasteiger partial charge in [0.15, 0.2) is 0 Å². The Labute approximate surface area is 129 Å². The normalized spacial score (nSPS) is 13.4. The molecule has 0 aliphatic heterocycles. The summed E-state index contributed by atoms with van der Waals surface area (Å²) >= 11 is 0. The van der Waals surface area contributed by atoms with E-state index in [4.69, 9.17) is 10.2 Å². The molecule has 2 nitrogen and oxygen atoms in total. The average molecular weight is 298 g/mol. The van der Waals surface area contributed by atoms with Crippen molar-refractivity contribution in [3.8, 4) is 0 Å². The zero-order valence-electron chi connectivity index (χ0n) is 13.3. The highest BCUT2D eigenvalue weighted by atomic mass is 28.3. The molecule has 0 heterocycles. The summed E-state index contributed by atoms with van der Waals surface area (Å²) in [5, 5.41) is 2.46. The first-order chi connectivity index (χ1) is 9.88. The van der Waals surface area contributed by atoms with Gasteiger partial charge in [-0.3, -0.25) is 0 Å². The topological polar surface area (TPSA) is 35.2 Å². The van der Waals surface area contributed by atoms with E-state index in [0.29, 0.717) is 0 Å². The third-order valence-electron chi connectivity index (χ3n) is 3.35. The summed E-state index contributed by atoms with van der Waals surface area (Å²) in [5.74, 6) is 0. The molecule has 0 aliphatic rings. The molecule has 0 bridgehead atoms. The first-order valence-corrected chi connectivity index (χ1v) is 8.74. The Kier molecular flexibility index (Phi) is 4.98. The van der Waals surface area contributed by atoms with Crippen molar-refractivity contribution in [1.82, 2.24) is 0 Å². The summed E-state index contributed by atoms with van der Waals surface area (Å²) in [4.78, 5) is 0. The summed E-state index contributed by atoms with van der Waals surface area (Å²) in [5.41, 5.74) is 7.37. The van der Waals surface area contributed by atoms with Gasteiger partial charge in [0, 0.05) is 0 Å². The predicted molar refractivity (Wildman–Crippen MR) is 91.3 cm³/mol. The summed E-state index contributed by atoms with van der Waals surface area (Å²) in [6.45, 7) is 8.56. The highest BCUT2D eigenvalue weighted by Gasteiger charge is 2.21. The molecule has 2 rings (SSSR count). The van der Waals surface area contributed by atoms with Gasteiger partial charge in [0.1, 0.15) is 0 Å². The summed E-state index contributed by atoms with van der Waals surface area (Å²) in [6.07, 6.45) is -0.263. The molecule has 0 spiro atoms. The van der Waals surface area contributed by atoms with Gasteiger partial charge in [-0.05, 0) is 28.3 Å². The van der Waals surface area contributed by atoms with Crippen LogP contribution in [0, 0.1) is 0 Å². The standard InChI is InChI=1S/C18H24NOSi/c1-14(19)20-21(16-8-6-5-7-9-16)17-12-10-15(11-13-17)18(2,3)4/h5-14H,19H2,1-4H3. The van der Waals surface area contributed by atoms with Gasteiger partial charge in [0.25, 0.3) is 9.04 Å². The molecule has 0 aliphatic carbocycles. The lowest BCUT2D eigenvalue weighted by molar-refractivity contribution is 0.240. The van der Waals surface area contributed by atoms with Crippen molar-refractivity contribution in [2.45, 2.75) is 39.3 Å². The van der Waals surface area contributed by atoms with E-state index in [1.807, 2.05) is 25.1 Å². The Balaban J connectivity index is 2.33. The summed E-state index contributed by atoms with van der Waals surface area (Å²) in [7, 11) is -1.29. The monoisotopic (exact) mass is 298 g/mol. The van der Waals surface area contributed by atoms with Crippen LogP contribution < -0.4 is 16.1 Å². The lowest BCUT2D eigenvalue weighted by atomic mass is 9.87. The van der Waals surface area contributed by atoms with E-state index in [9.17, 15) is 0 Å². The third-order valence-corrected chi connectivity index (χ3v) is 5.68. The van der Waals surface area contributed by atoms with Crippen LogP contribution in [-0.2, 0) is 9.84 Å². The van der Waals surface area contributed by atoms with E-state index in [1.165, 1.54) is 15.9 Å². The van der Waals surface area contributed by atoms with Gasteiger partial charge in [-0.15, -0.1) is 0 Å². The minimum Gasteiger partial charge on any atom is -0.392 e.